The molecule has 9 nitrogen and oxygen atoms in total. The first-order chi connectivity index (χ1) is 20.2. The van der Waals surface area contributed by atoms with Crippen molar-refractivity contribution < 1.29 is 28.8 Å². The monoisotopic (exact) mass is 611 g/mol. The van der Waals surface area contributed by atoms with Crippen LogP contribution in [0.2, 0.25) is 0 Å². The number of carbonyl (C=O) groups excluding carboxylic acids is 1. The fourth-order valence-electron chi connectivity index (χ4n) is 7.53. The average Bonchev–Trinajstić information content (AvgIpc) is 3.49. The van der Waals surface area contributed by atoms with E-state index in [-0.39, 0.29) is 23.6 Å². The van der Waals surface area contributed by atoms with E-state index in [9.17, 15) is 19.8 Å². The molecule has 4 N–H and O–H groups in total. The molecule has 224 valence electrons. The second-order valence-corrected chi connectivity index (χ2v) is 14.8. The smallest absolute Gasteiger partial charge is 0.353 e. The van der Waals surface area contributed by atoms with Gasteiger partial charge in [-0.1, -0.05) is 36.6 Å². The zero-order valence-electron chi connectivity index (χ0n) is 24.4. The minimum atomic E-state index is -1.15. The van der Waals surface area contributed by atoms with Crippen molar-refractivity contribution >= 4 is 45.2 Å². The lowest BCUT2D eigenvalue weighted by Gasteiger charge is -2.55. The van der Waals surface area contributed by atoms with Gasteiger partial charge in [0.25, 0.3) is 0 Å². The Morgan fingerprint density at radius 1 is 1.21 bits per heavy atom. The number of fused-ring (bicyclic) bond motifs is 5. The first-order valence-corrected chi connectivity index (χ1v) is 16.9. The van der Waals surface area contributed by atoms with Gasteiger partial charge in [-0.15, -0.1) is 11.3 Å². The molecule has 6 heterocycles. The van der Waals surface area contributed by atoms with Gasteiger partial charge in [0.05, 0.1) is 47.1 Å². The number of amides is 1. The Balaban J connectivity index is 1.06. The number of hydrogen-bond donors (Lipinski definition) is 3. The summed E-state index contributed by atoms with van der Waals surface area (Å²) in [5.41, 5.74) is 8.58. The number of carboxylic acid groups (broad SMARTS) is 1. The summed E-state index contributed by atoms with van der Waals surface area (Å²) in [6.07, 6.45) is 1.38. The Kier molecular flexibility index (Phi) is 8.15. The molecular formula is C31H41N5O4S2+2. The van der Waals surface area contributed by atoms with Gasteiger partial charge in [-0.2, -0.15) is 0 Å². The molecule has 4 saturated heterocycles. The minimum Gasteiger partial charge on any atom is -0.477 e. The Hall–Kier alpha value is -2.46. The summed E-state index contributed by atoms with van der Waals surface area (Å²) in [6, 6.07) is 6.32. The lowest BCUT2D eigenvalue weighted by atomic mass is 9.78. The summed E-state index contributed by atoms with van der Waals surface area (Å²) in [6.45, 7) is 14.4. The van der Waals surface area contributed by atoms with Crippen LogP contribution in [0.15, 0.2) is 33.8 Å². The SMILES string of the molecule is C[C@@H](O)[C@H]1C(=O)N2C(C(=O)O)=C(C#CCSc3nc4cc(CC[N+]56CC[N+](CCCN)(CC5)CC6)ccc4s3)[C@H](C)[C@H]12. The van der Waals surface area contributed by atoms with E-state index in [1.54, 1.807) is 30.0 Å². The highest BCUT2D eigenvalue weighted by molar-refractivity contribution is 8.01. The third-order valence-electron chi connectivity index (χ3n) is 10.2. The van der Waals surface area contributed by atoms with Crippen LogP contribution in [0.4, 0.5) is 0 Å². The first-order valence-electron chi connectivity index (χ1n) is 15.1. The van der Waals surface area contributed by atoms with Crippen molar-refractivity contribution in [2.45, 2.75) is 43.2 Å². The number of aliphatic hydroxyl groups is 1. The maximum Gasteiger partial charge on any atom is 0.353 e. The number of thioether (sulfide) groups is 1. The van der Waals surface area contributed by atoms with E-state index in [0.29, 0.717) is 11.3 Å². The lowest BCUT2D eigenvalue weighted by Crippen LogP contribution is -2.75. The number of hydrogen-bond acceptors (Lipinski definition) is 7. The molecule has 4 atom stereocenters. The summed E-state index contributed by atoms with van der Waals surface area (Å²) in [5.74, 6) is 4.33. The molecule has 5 aliphatic rings. The molecule has 0 saturated carbocycles. The number of aromatic nitrogens is 1. The number of quaternary nitrogens is 2. The van der Waals surface area contributed by atoms with E-state index < -0.39 is 18.0 Å². The highest BCUT2D eigenvalue weighted by Gasteiger charge is 2.59. The zero-order valence-corrected chi connectivity index (χ0v) is 26.1. The normalized spacial score (nSPS) is 30.7. The number of aliphatic hydroxyl groups excluding tert-OH is 1. The van der Waals surface area contributed by atoms with E-state index in [1.165, 1.54) is 71.8 Å². The molecule has 7 rings (SSSR count). The van der Waals surface area contributed by atoms with Crippen LogP contribution in [-0.2, 0) is 16.0 Å². The number of benzene rings is 1. The zero-order chi connectivity index (χ0) is 29.6. The van der Waals surface area contributed by atoms with Crippen LogP contribution in [0.25, 0.3) is 10.2 Å². The number of β-lactam (4-membered cyclic amide) rings is 1. The summed E-state index contributed by atoms with van der Waals surface area (Å²) >= 11 is 3.20. The van der Waals surface area contributed by atoms with Crippen molar-refractivity contribution in [1.82, 2.24) is 9.88 Å². The van der Waals surface area contributed by atoms with Crippen molar-refractivity contribution in [3.05, 3.63) is 35.0 Å². The molecule has 2 aromatic rings. The maximum atomic E-state index is 12.5. The van der Waals surface area contributed by atoms with Crippen LogP contribution in [0.1, 0.15) is 25.8 Å². The van der Waals surface area contributed by atoms with Gasteiger partial charge in [-0.25, -0.2) is 9.78 Å². The predicted molar refractivity (Wildman–Crippen MR) is 165 cm³/mol. The maximum absolute atomic E-state index is 12.5. The Bertz CT molecular complexity index is 1470. The number of nitrogens with two attached hydrogens (primary N) is 1. The largest absolute Gasteiger partial charge is 0.477 e. The first kappa shape index (κ1) is 29.6. The second kappa shape index (κ2) is 11.6. The van der Waals surface area contributed by atoms with Gasteiger partial charge in [0, 0.05) is 24.3 Å². The Labute approximate surface area is 255 Å². The minimum absolute atomic E-state index is 0.0379. The third kappa shape index (κ3) is 5.27. The number of piperazine rings is 3. The molecule has 0 unspecified atom stereocenters. The van der Waals surface area contributed by atoms with Crippen molar-refractivity contribution in [1.29, 1.82) is 0 Å². The van der Waals surface area contributed by atoms with Gasteiger partial charge in [0.2, 0.25) is 5.91 Å². The number of rotatable bonds is 10. The topological polar surface area (TPSA) is 117 Å². The van der Waals surface area contributed by atoms with E-state index in [2.05, 4.69) is 30.0 Å². The molecule has 0 spiro atoms. The molecule has 1 aromatic carbocycles. The number of carbonyl (C=O) groups is 2. The van der Waals surface area contributed by atoms with Crippen molar-refractivity contribution in [3.63, 3.8) is 0 Å². The van der Waals surface area contributed by atoms with Crippen LogP contribution in [0, 0.1) is 23.7 Å². The molecule has 1 amide bonds. The van der Waals surface area contributed by atoms with Crippen LogP contribution in [0.5, 0.6) is 0 Å². The van der Waals surface area contributed by atoms with Gasteiger partial charge in [-0.3, -0.25) is 4.79 Å². The molecular weight excluding hydrogens is 571 g/mol. The van der Waals surface area contributed by atoms with E-state index in [4.69, 9.17) is 10.7 Å². The fraction of sp³-hybridized carbons (Fsp3) is 0.581. The molecule has 5 aliphatic heterocycles. The van der Waals surface area contributed by atoms with Crippen LogP contribution < -0.4 is 5.73 Å². The van der Waals surface area contributed by atoms with Gasteiger partial charge < -0.3 is 29.8 Å². The van der Waals surface area contributed by atoms with Crippen LogP contribution >= 0.6 is 23.1 Å². The number of thiazole rings is 1. The summed E-state index contributed by atoms with van der Waals surface area (Å²) in [4.78, 5) is 30.7. The van der Waals surface area contributed by atoms with Gasteiger partial charge in [-0.05, 0) is 31.2 Å². The number of carboxylic acids is 1. The second-order valence-electron chi connectivity index (χ2n) is 12.6. The van der Waals surface area contributed by atoms with Crippen LogP contribution in [0.3, 0.4) is 0 Å². The van der Waals surface area contributed by atoms with Gasteiger partial charge in [0.15, 0.2) is 4.34 Å². The quantitative estimate of drug-likeness (QED) is 0.163. The third-order valence-corrected chi connectivity index (χ3v) is 12.2. The molecule has 11 heteroatoms. The molecule has 42 heavy (non-hydrogen) atoms. The van der Waals surface area contributed by atoms with Gasteiger partial charge >= 0.3 is 5.97 Å². The standard InChI is InChI=1S/C31H40N5O4S2/c1-20-23(28(30(39)40)34-27(20)26(21(2)37)29(34)38)5-3-18-41-31-33-24-19-22(6-7-25(24)42-31)8-11-36-15-12-35(13-16-36,14-17-36)10-4-9-32/h6-7,19-21,26-27,37H,4,8-18,32H2,1-2H3/q+1/p+1/t20-,21+,26+,27+,35?,36?/m0/s1. The summed E-state index contributed by atoms with van der Waals surface area (Å²) in [7, 11) is 0. The van der Waals surface area contributed by atoms with E-state index >= 15 is 0 Å². The fourth-order valence-corrected chi connectivity index (χ4v) is 9.32. The molecule has 1 aromatic heterocycles. The highest BCUT2D eigenvalue weighted by Crippen LogP contribution is 2.47. The predicted octanol–water partition coefficient (Wildman–Crippen LogP) is 2.14. The average molecular weight is 612 g/mol. The Morgan fingerprint density at radius 3 is 2.55 bits per heavy atom. The number of nitrogens with zero attached hydrogens (tertiary/aromatic N) is 4. The van der Waals surface area contributed by atoms with Crippen LogP contribution in [-0.4, -0.2) is 118 Å². The summed E-state index contributed by atoms with van der Waals surface area (Å²) < 4.78 is 4.64. The highest BCUT2D eigenvalue weighted by atomic mass is 32.2. The van der Waals surface area contributed by atoms with Crippen molar-refractivity contribution in [2.24, 2.45) is 17.6 Å². The molecule has 0 aliphatic carbocycles. The molecule has 4 fully saturated rings. The molecule has 0 radical (unpaired) electrons. The van der Waals surface area contributed by atoms with E-state index in [0.717, 1.165) is 33.9 Å². The lowest BCUT2D eigenvalue weighted by molar-refractivity contribution is -1.08. The van der Waals surface area contributed by atoms with Crippen molar-refractivity contribution in [3.8, 4) is 11.8 Å². The Morgan fingerprint density at radius 2 is 1.90 bits per heavy atom. The van der Waals surface area contributed by atoms with Gasteiger partial charge in [0.1, 0.15) is 45.0 Å². The van der Waals surface area contributed by atoms with E-state index in [1.807, 2.05) is 6.92 Å². The molecule has 2 bridgehead atoms. The number of aliphatic carboxylic acids is 1. The van der Waals surface area contributed by atoms with Crippen molar-refractivity contribution in [2.75, 3.05) is 64.7 Å². The summed E-state index contributed by atoms with van der Waals surface area (Å²) in [5, 5.41) is 19.8.